The number of unbranched alkanes of at least 4 members (excludes halogenated alkanes) is 8. The highest BCUT2D eigenvalue weighted by Gasteiger charge is 2.57. The summed E-state index contributed by atoms with van der Waals surface area (Å²) in [7, 11) is 0. The molecule has 2 fully saturated rings. The van der Waals surface area contributed by atoms with Gasteiger partial charge in [-0.15, -0.1) is 0 Å². The maximum absolute atomic E-state index is 13.1. The van der Waals surface area contributed by atoms with E-state index in [0.717, 1.165) is 25.7 Å². The number of Topliss-reactive ketones (excluding diaryl/α,β-unsaturated/α-hetero) is 1. The normalized spacial score (nSPS) is 26.5. The van der Waals surface area contributed by atoms with E-state index < -0.39 is 5.60 Å². The second-order valence-corrected chi connectivity index (χ2v) is 9.99. The second-order valence-electron chi connectivity index (χ2n) is 9.99. The molecule has 4 nitrogen and oxygen atoms in total. The molecule has 2 aliphatic rings. The first-order chi connectivity index (χ1) is 12.2. The Bertz CT molecular complexity index is 443. The molecular weight excluding hydrogens is 324 g/mol. The van der Waals surface area contributed by atoms with Crippen LogP contribution in [-0.4, -0.2) is 28.5 Å². The van der Waals surface area contributed by atoms with Gasteiger partial charge in [-0.05, 0) is 34.1 Å². The number of rotatable bonds is 10. The maximum Gasteiger partial charge on any atom is 0.186 e. The molecule has 0 aromatic carbocycles. The average molecular weight is 367 g/mol. The Morgan fingerprint density at radius 1 is 0.885 bits per heavy atom. The first-order valence-electron chi connectivity index (χ1n) is 11.0. The van der Waals surface area contributed by atoms with Crippen molar-refractivity contribution in [2.75, 3.05) is 0 Å². The predicted molar refractivity (Wildman–Crippen MR) is 108 cm³/mol. The van der Waals surface area contributed by atoms with Crippen molar-refractivity contribution in [1.29, 1.82) is 0 Å². The van der Waals surface area contributed by atoms with Gasteiger partial charge in [0, 0.05) is 23.9 Å². The van der Waals surface area contributed by atoms with Gasteiger partial charge < -0.3 is 5.32 Å². The molecule has 0 aromatic heterocycles. The number of hydroxylamine groups is 1. The summed E-state index contributed by atoms with van der Waals surface area (Å²) >= 11 is 0. The van der Waals surface area contributed by atoms with Crippen molar-refractivity contribution in [3.63, 3.8) is 0 Å². The number of piperidine rings is 1. The lowest BCUT2D eigenvalue weighted by Gasteiger charge is -2.49. The highest BCUT2D eigenvalue weighted by atomic mass is 16.7. The number of hydrogen-bond donors (Lipinski definition) is 2. The van der Waals surface area contributed by atoms with E-state index in [0.29, 0.717) is 0 Å². The topological polar surface area (TPSA) is 50.4 Å². The van der Waals surface area contributed by atoms with Crippen LogP contribution in [0.4, 0.5) is 0 Å². The molecule has 0 aliphatic carbocycles. The summed E-state index contributed by atoms with van der Waals surface area (Å²) in [6.45, 7) is 10.9. The fourth-order valence-electron chi connectivity index (χ4n) is 5.20. The largest absolute Gasteiger partial charge is 0.307 e. The molecule has 0 aromatic rings. The Hall–Kier alpha value is -0.450. The van der Waals surface area contributed by atoms with E-state index in [1.807, 2.05) is 0 Å². The Labute approximate surface area is 161 Å². The SMILES string of the molecule is CCCCCCCCCCCC1NOC2(CC(C)(C)NC(C)(C)C2)C1=O. The van der Waals surface area contributed by atoms with E-state index in [4.69, 9.17) is 4.84 Å². The average Bonchev–Trinajstić information content (AvgIpc) is 2.79. The predicted octanol–water partition coefficient (Wildman–Crippen LogP) is 5.06. The standard InChI is InChI=1S/C22H42N2O2/c1-6-7-8-9-10-11-12-13-14-15-18-19(25)22(26-23-18)16-20(2,3)24-21(4,5)17-22/h18,23-24H,6-17H2,1-5H3. The third-order valence-corrected chi connectivity index (χ3v) is 5.89. The fraction of sp³-hybridized carbons (Fsp3) is 0.955. The van der Waals surface area contributed by atoms with E-state index in [1.54, 1.807) is 0 Å². The lowest BCUT2D eigenvalue weighted by Crippen LogP contribution is -2.65. The lowest BCUT2D eigenvalue weighted by atomic mass is 9.70. The Morgan fingerprint density at radius 2 is 1.38 bits per heavy atom. The van der Waals surface area contributed by atoms with Gasteiger partial charge in [-0.3, -0.25) is 9.63 Å². The zero-order valence-electron chi connectivity index (χ0n) is 17.9. The molecule has 2 aliphatic heterocycles. The molecular formula is C22H42N2O2. The van der Waals surface area contributed by atoms with Crippen molar-refractivity contribution in [2.24, 2.45) is 0 Å². The van der Waals surface area contributed by atoms with Gasteiger partial charge in [0.15, 0.2) is 11.4 Å². The van der Waals surface area contributed by atoms with Crippen molar-refractivity contribution >= 4 is 5.78 Å². The van der Waals surface area contributed by atoms with Crippen LogP contribution in [0.5, 0.6) is 0 Å². The third-order valence-electron chi connectivity index (χ3n) is 5.89. The van der Waals surface area contributed by atoms with E-state index in [2.05, 4.69) is 45.4 Å². The molecule has 0 bridgehead atoms. The van der Waals surface area contributed by atoms with Crippen LogP contribution in [0.2, 0.25) is 0 Å². The Morgan fingerprint density at radius 3 is 1.92 bits per heavy atom. The highest BCUT2D eigenvalue weighted by molar-refractivity contribution is 5.93. The molecule has 0 radical (unpaired) electrons. The van der Waals surface area contributed by atoms with Gasteiger partial charge in [0.25, 0.3) is 0 Å². The summed E-state index contributed by atoms with van der Waals surface area (Å²) in [5.74, 6) is 0.278. The van der Waals surface area contributed by atoms with Gasteiger partial charge in [-0.25, -0.2) is 0 Å². The smallest absolute Gasteiger partial charge is 0.186 e. The van der Waals surface area contributed by atoms with E-state index in [1.165, 1.54) is 51.4 Å². The molecule has 1 spiro atoms. The third kappa shape index (κ3) is 6.03. The molecule has 4 heteroatoms. The molecule has 2 N–H and O–H groups in total. The van der Waals surface area contributed by atoms with E-state index in [9.17, 15) is 4.79 Å². The second kappa shape index (κ2) is 9.16. The molecule has 0 saturated carbocycles. The zero-order chi connectivity index (χ0) is 19.3. The summed E-state index contributed by atoms with van der Waals surface area (Å²) in [5, 5.41) is 3.64. The van der Waals surface area contributed by atoms with Crippen LogP contribution in [0.25, 0.3) is 0 Å². The van der Waals surface area contributed by atoms with Crippen LogP contribution < -0.4 is 10.8 Å². The summed E-state index contributed by atoms with van der Waals surface area (Å²) in [4.78, 5) is 19.1. The van der Waals surface area contributed by atoms with Crippen molar-refractivity contribution < 1.29 is 9.63 Å². The summed E-state index contributed by atoms with van der Waals surface area (Å²) in [5.41, 5.74) is 2.26. The molecule has 0 amide bonds. The first-order valence-corrected chi connectivity index (χ1v) is 11.0. The van der Waals surface area contributed by atoms with Gasteiger partial charge in [0.05, 0.1) is 6.04 Å². The molecule has 1 unspecified atom stereocenters. The highest BCUT2D eigenvalue weighted by Crippen LogP contribution is 2.42. The number of hydrogen-bond acceptors (Lipinski definition) is 4. The van der Waals surface area contributed by atoms with Crippen molar-refractivity contribution in [1.82, 2.24) is 10.8 Å². The van der Waals surface area contributed by atoms with Crippen LogP contribution in [0.3, 0.4) is 0 Å². The fourth-order valence-corrected chi connectivity index (χ4v) is 5.20. The first kappa shape index (κ1) is 21.8. The molecule has 152 valence electrons. The zero-order valence-corrected chi connectivity index (χ0v) is 17.9. The van der Waals surface area contributed by atoms with Crippen molar-refractivity contribution in [3.05, 3.63) is 0 Å². The minimum Gasteiger partial charge on any atom is -0.307 e. The van der Waals surface area contributed by atoms with Crippen LogP contribution in [-0.2, 0) is 9.63 Å². The molecule has 2 rings (SSSR count). The lowest BCUT2D eigenvalue weighted by molar-refractivity contribution is -0.148. The van der Waals surface area contributed by atoms with Crippen molar-refractivity contribution in [2.45, 2.75) is 134 Å². The van der Waals surface area contributed by atoms with Crippen LogP contribution in [0, 0.1) is 0 Å². The number of nitrogens with one attached hydrogen (secondary N) is 2. The summed E-state index contributed by atoms with van der Waals surface area (Å²) < 4.78 is 0. The quantitative estimate of drug-likeness (QED) is 0.531. The monoisotopic (exact) mass is 366 g/mol. The molecule has 2 heterocycles. The van der Waals surface area contributed by atoms with Gasteiger partial charge in [0.2, 0.25) is 0 Å². The molecule has 26 heavy (non-hydrogen) atoms. The van der Waals surface area contributed by atoms with Gasteiger partial charge >= 0.3 is 0 Å². The van der Waals surface area contributed by atoms with Gasteiger partial charge in [0.1, 0.15) is 0 Å². The van der Waals surface area contributed by atoms with Gasteiger partial charge in [-0.2, -0.15) is 5.48 Å². The van der Waals surface area contributed by atoms with E-state index in [-0.39, 0.29) is 22.9 Å². The van der Waals surface area contributed by atoms with Crippen LogP contribution >= 0.6 is 0 Å². The van der Waals surface area contributed by atoms with Gasteiger partial charge in [-0.1, -0.05) is 64.7 Å². The number of ketones is 1. The van der Waals surface area contributed by atoms with E-state index >= 15 is 0 Å². The summed E-state index contributed by atoms with van der Waals surface area (Å²) in [6.07, 6.45) is 14.2. The maximum atomic E-state index is 13.1. The Balaban J connectivity index is 1.70. The van der Waals surface area contributed by atoms with Crippen LogP contribution in [0.1, 0.15) is 112 Å². The molecule has 1 atom stereocenters. The number of carbonyl (C=O) groups is 1. The molecule has 2 saturated heterocycles. The summed E-state index contributed by atoms with van der Waals surface area (Å²) in [6, 6.07) is -0.121. The minimum absolute atomic E-state index is 0.0915. The number of carbonyl (C=O) groups excluding carboxylic acids is 1. The minimum atomic E-state index is -0.651. The Kier molecular flexibility index (Phi) is 7.70. The van der Waals surface area contributed by atoms with Crippen molar-refractivity contribution in [3.8, 4) is 0 Å². The van der Waals surface area contributed by atoms with Crippen LogP contribution in [0.15, 0.2) is 0 Å².